The highest BCUT2D eigenvalue weighted by Gasteiger charge is 2.13. The van der Waals surface area contributed by atoms with Crippen LogP contribution in [0.2, 0.25) is 0 Å². The van der Waals surface area contributed by atoms with Gasteiger partial charge in [0.05, 0.1) is 5.78 Å². The van der Waals surface area contributed by atoms with E-state index in [1.54, 1.807) is 0 Å². The van der Waals surface area contributed by atoms with Gasteiger partial charge in [0.1, 0.15) is 0 Å². The molecule has 0 spiro atoms. The molecule has 0 aliphatic rings. The van der Waals surface area contributed by atoms with E-state index in [0.717, 1.165) is 0 Å². The summed E-state index contributed by atoms with van der Waals surface area (Å²) in [5.41, 5.74) is 0. The maximum Gasteiger partial charge on any atom is 0.472 e. The number of hydrogen-bond acceptors (Lipinski definition) is 2. The second kappa shape index (κ2) is 6.40. The molecule has 0 fully saturated rings. The molecule has 0 radical (unpaired) electrons. The molecule has 0 N–H and O–H groups in total. The highest BCUT2D eigenvalue weighted by molar-refractivity contribution is 6.56. The fourth-order valence-electron chi connectivity index (χ4n) is 0.509. The molecule has 0 heterocycles. The Morgan fingerprint density at radius 3 is 1.89 bits per heavy atom. The standard InChI is InChI=1S/C5H12BClO2/c1-3-8-6(5-7)9-4-2/h3-5H2,1-2H3. The third-order valence-electron chi connectivity index (χ3n) is 0.831. The SMILES string of the molecule is CCOB(CCl)OCC. The van der Waals surface area contributed by atoms with Crippen LogP contribution in [0.25, 0.3) is 0 Å². The van der Waals surface area contributed by atoms with Crippen LogP contribution in [0.4, 0.5) is 0 Å². The molecule has 0 aliphatic heterocycles. The molecule has 0 aromatic carbocycles. The van der Waals surface area contributed by atoms with Crippen LogP contribution in [0, 0.1) is 0 Å². The molecule has 0 aliphatic carbocycles. The Labute approximate surface area is 61.6 Å². The van der Waals surface area contributed by atoms with Crippen LogP contribution < -0.4 is 0 Å². The lowest BCUT2D eigenvalue weighted by molar-refractivity contribution is 0.218. The first-order valence-corrected chi connectivity index (χ1v) is 3.67. The maximum absolute atomic E-state index is 5.48. The Balaban J connectivity index is 3.18. The van der Waals surface area contributed by atoms with E-state index in [2.05, 4.69) is 0 Å². The summed E-state index contributed by atoms with van der Waals surface area (Å²) in [4.78, 5) is 0. The van der Waals surface area contributed by atoms with Gasteiger partial charge in [-0.1, -0.05) is 0 Å². The molecule has 0 bridgehead atoms. The van der Waals surface area contributed by atoms with Crippen molar-refractivity contribution in [3.63, 3.8) is 0 Å². The molecule has 54 valence electrons. The van der Waals surface area contributed by atoms with Crippen molar-refractivity contribution >= 4 is 18.7 Å². The van der Waals surface area contributed by atoms with Gasteiger partial charge < -0.3 is 9.31 Å². The van der Waals surface area contributed by atoms with Gasteiger partial charge in [0.2, 0.25) is 0 Å². The lowest BCUT2D eigenvalue weighted by Gasteiger charge is -2.07. The Hall–Kier alpha value is 0.275. The largest absolute Gasteiger partial charge is 0.472 e. The predicted molar refractivity (Wildman–Crippen MR) is 39.7 cm³/mol. The highest BCUT2D eigenvalue weighted by Crippen LogP contribution is 1.91. The topological polar surface area (TPSA) is 18.5 Å². The van der Waals surface area contributed by atoms with Crippen molar-refractivity contribution < 1.29 is 9.31 Å². The van der Waals surface area contributed by atoms with Gasteiger partial charge in [0.15, 0.2) is 0 Å². The molecular weight excluding hydrogens is 138 g/mol. The number of halogens is 1. The summed E-state index contributed by atoms with van der Waals surface area (Å²) in [6, 6.07) is 0. The van der Waals surface area contributed by atoms with Crippen LogP contribution >= 0.6 is 11.6 Å². The zero-order valence-electron chi connectivity index (χ0n) is 5.89. The first kappa shape index (κ1) is 9.27. The minimum absolute atomic E-state index is 0.221. The van der Waals surface area contributed by atoms with E-state index in [1.807, 2.05) is 13.8 Å². The van der Waals surface area contributed by atoms with Gasteiger partial charge in [-0.2, -0.15) is 0 Å². The second-order valence-corrected chi connectivity index (χ2v) is 1.80. The van der Waals surface area contributed by atoms with E-state index in [1.165, 1.54) is 0 Å². The van der Waals surface area contributed by atoms with Crippen LogP contribution in [0.3, 0.4) is 0 Å². The van der Waals surface area contributed by atoms with E-state index in [9.17, 15) is 0 Å². The van der Waals surface area contributed by atoms with Gasteiger partial charge in [-0.15, -0.1) is 11.6 Å². The van der Waals surface area contributed by atoms with Crippen LogP contribution in [0.5, 0.6) is 0 Å². The van der Waals surface area contributed by atoms with Gasteiger partial charge in [-0.25, -0.2) is 0 Å². The van der Waals surface area contributed by atoms with Crippen LogP contribution in [-0.4, -0.2) is 26.1 Å². The molecule has 0 aromatic rings. The summed E-state index contributed by atoms with van der Waals surface area (Å²) in [6.07, 6.45) is 0. The van der Waals surface area contributed by atoms with Crippen molar-refractivity contribution in [1.82, 2.24) is 0 Å². The molecule has 4 heteroatoms. The highest BCUT2D eigenvalue weighted by atomic mass is 35.5. The molecule has 0 rings (SSSR count). The fourth-order valence-corrected chi connectivity index (χ4v) is 0.687. The molecule has 0 saturated carbocycles. The summed E-state index contributed by atoms with van der Waals surface area (Å²) in [6.45, 7) is 5.13. The summed E-state index contributed by atoms with van der Waals surface area (Å²) >= 11 is 5.48. The van der Waals surface area contributed by atoms with E-state index in [4.69, 9.17) is 20.9 Å². The molecule has 2 nitrogen and oxygen atoms in total. The number of hydrogen-bond donors (Lipinski definition) is 0. The Kier molecular flexibility index (Phi) is 6.59. The lowest BCUT2D eigenvalue weighted by Crippen LogP contribution is -2.25. The van der Waals surface area contributed by atoms with Gasteiger partial charge in [-0.3, -0.25) is 0 Å². The zero-order valence-corrected chi connectivity index (χ0v) is 6.65. The molecular formula is C5H12BClO2. The van der Waals surface area contributed by atoms with E-state index < -0.39 is 0 Å². The van der Waals surface area contributed by atoms with E-state index in [-0.39, 0.29) is 7.12 Å². The van der Waals surface area contributed by atoms with Gasteiger partial charge in [0.25, 0.3) is 0 Å². The van der Waals surface area contributed by atoms with Crippen LogP contribution in [0.1, 0.15) is 13.8 Å². The molecule has 0 unspecified atom stereocenters. The Bertz CT molecular complexity index is 56.9. The minimum Gasteiger partial charge on any atom is -0.411 e. The van der Waals surface area contributed by atoms with E-state index in [0.29, 0.717) is 19.0 Å². The Morgan fingerprint density at radius 1 is 1.22 bits per heavy atom. The molecule has 0 amide bonds. The summed E-state index contributed by atoms with van der Waals surface area (Å²) in [5.74, 6) is 0.404. The predicted octanol–water partition coefficient (Wildman–Crippen LogP) is 1.33. The maximum atomic E-state index is 5.48. The Morgan fingerprint density at radius 2 is 1.67 bits per heavy atom. The molecule has 9 heavy (non-hydrogen) atoms. The van der Waals surface area contributed by atoms with Gasteiger partial charge in [0, 0.05) is 13.2 Å². The first-order chi connectivity index (χ1) is 4.35. The van der Waals surface area contributed by atoms with E-state index >= 15 is 0 Å². The average molecular weight is 150 g/mol. The zero-order chi connectivity index (χ0) is 7.11. The molecule has 0 saturated heterocycles. The van der Waals surface area contributed by atoms with Crippen molar-refractivity contribution in [3.05, 3.63) is 0 Å². The monoisotopic (exact) mass is 150 g/mol. The smallest absolute Gasteiger partial charge is 0.411 e. The lowest BCUT2D eigenvalue weighted by atomic mass is 9.95. The quantitative estimate of drug-likeness (QED) is 0.435. The van der Waals surface area contributed by atoms with Crippen LogP contribution in [-0.2, 0) is 9.31 Å². The summed E-state index contributed by atoms with van der Waals surface area (Å²) in [5, 5.41) is 0. The third kappa shape index (κ3) is 4.76. The van der Waals surface area contributed by atoms with Crippen molar-refractivity contribution in [2.45, 2.75) is 13.8 Å². The van der Waals surface area contributed by atoms with Gasteiger partial charge >= 0.3 is 7.12 Å². The van der Waals surface area contributed by atoms with Gasteiger partial charge in [-0.05, 0) is 13.8 Å². The summed E-state index contributed by atoms with van der Waals surface area (Å²) in [7, 11) is -0.221. The minimum atomic E-state index is -0.221. The third-order valence-corrected chi connectivity index (χ3v) is 1.08. The van der Waals surface area contributed by atoms with Crippen LogP contribution in [0.15, 0.2) is 0 Å². The first-order valence-electron chi connectivity index (χ1n) is 3.14. The van der Waals surface area contributed by atoms with Crippen molar-refractivity contribution in [3.8, 4) is 0 Å². The summed E-state index contributed by atoms with van der Waals surface area (Å²) < 4.78 is 10.2. The van der Waals surface area contributed by atoms with Crippen molar-refractivity contribution in [2.75, 3.05) is 19.0 Å². The number of rotatable bonds is 5. The normalized spacial score (nSPS) is 9.67. The average Bonchev–Trinajstić information content (AvgIpc) is 1.88. The molecule has 0 atom stereocenters. The fraction of sp³-hybridized carbons (Fsp3) is 1.00. The van der Waals surface area contributed by atoms with Crippen molar-refractivity contribution in [1.29, 1.82) is 0 Å². The molecule has 0 aromatic heterocycles. The van der Waals surface area contributed by atoms with Crippen molar-refractivity contribution in [2.24, 2.45) is 0 Å². The second-order valence-electron chi connectivity index (χ2n) is 1.49. The number of alkyl halides is 1.